The molecule has 1 amide bonds. The molecule has 0 spiro atoms. The highest BCUT2D eigenvalue weighted by Gasteiger charge is 2.16. The zero-order chi connectivity index (χ0) is 22.7. The maximum atomic E-state index is 12.1. The third kappa shape index (κ3) is 13.2. The quantitative estimate of drug-likeness (QED) is 0.191. The minimum absolute atomic E-state index is 0.0641. The fraction of sp³-hybridized carbons (Fsp3) is 0.704. The van der Waals surface area contributed by atoms with Crippen molar-refractivity contribution < 1.29 is 14.3 Å². The maximum Gasteiger partial charge on any atom is 0.313 e. The minimum atomic E-state index is -0.296. The van der Waals surface area contributed by atoms with Crippen LogP contribution >= 0.6 is 0 Å². The van der Waals surface area contributed by atoms with Crippen molar-refractivity contribution in [1.29, 1.82) is 0 Å². The smallest absolute Gasteiger partial charge is 0.313 e. The molecule has 0 aliphatic carbocycles. The van der Waals surface area contributed by atoms with Crippen LogP contribution < -0.4 is 5.32 Å². The average molecular weight is 432 g/mol. The molecule has 0 aliphatic heterocycles. The summed E-state index contributed by atoms with van der Waals surface area (Å²) < 4.78 is 5.06. The lowest BCUT2D eigenvalue weighted by Crippen LogP contribution is -2.13. The number of unbranched alkanes of at least 4 members (excludes halogenated alkanes) is 12. The first-order valence-corrected chi connectivity index (χ1v) is 12.6. The van der Waals surface area contributed by atoms with Gasteiger partial charge in [-0.05, 0) is 38.0 Å². The molecule has 1 atom stereocenters. The van der Waals surface area contributed by atoms with Crippen LogP contribution in [0.5, 0.6) is 0 Å². The molecule has 4 heteroatoms. The van der Waals surface area contributed by atoms with Crippen LogP contribution in [0.4, 0.5) is 5.69 Å². The third-order valence-corrected chi connectivity index (χ3v) is 5.84. The van der Waals surface area contributed by atoms with E-state index in [0.29, 0.717) is 13.0 Å². The predicted molar refractivity (Wildman–Crippen MR) is 130 cm³/mol. The lowest BCUT2D eigenvalue weighted by Gasteiger charge is -2.12. The zero-order valence-electron chi connectivity index (χ0n) is 20.2. The Bertz CT molecular complexity index is 597. The number of carbonyl (C=O) groups excluding carboxylic acids is 2. The van der Waals surface area contributed by atoms with Crippen molar-refractivity contribution in [3.8, 4) is 0 Å². The van der Waals surface area contributed by atoms with Gasteiger partial charge < -0.3 is 10.1 Å². The van der Waals surface area contributed by atoms with Crippen LogP contribution in [0.2, 0.25) is 0 Å². The van der Waals surface area contributed by atoms with Crippen LogP contribution in [-0.2, 0) is 14.3 Å². The van der Waals surface area contributed by atoms with Gasteiger partial charge in [0.25, 0.3) is 0 Å². The number of benzene rings is 1. The number of ether oxygens (including phenoxy) is 1. The summed E-state index contributed by atoms with van der Waals surface area (Å²) in [6, 6.07) is 7.46. The van der Waals surface area contributed by atoms with Gasteiger partial charge in [-0.1, -0.05) is 96.1 Å². The van der Waals surface area contributed by atoms with E-state index in [4.69, 9.17) is 4.74 Å². The fourth-order valence-corrected chi connectivity index (χ4v) is 3.79. The van der Waals surface area contributed by atoms with Gasteiger partial charge in [0.2, 0.25) is 5.91 Å². The lowest BCUT2D eigenvalue weighted by atomic mass is 10.0. The van der Waals surface area contributed by atoms with E-state index in [1.54, 1.807) is 6.92 Å². The Kier molecular flexibility index (Phi) is 15.6. The number of esters is 1. The molecule has 1 rings (SSSR count). The molecular formula is C27H45NO3. The van der Waals surface area contributed by atoms with E-state index in [0.717, 1.165) is 24.1 Å². The van der Waals surface area contributed by atoms with Crippen molar-refractivity contribution in [2.75, 3.05) is 11.9 Å². The van der Waals surface area contributed by atoms with Crippen LogP contribution in [-0.4, -0.2) is 18.5 Å². The molecule has 1 N–H and O–H groups in total. The highest BCUT2D eigenvalue weighted by molar-refractivity contribution is 5.90. The highest BCUT2D eigenvalue weighted by atomic mass is 16.5. The Labute approximate surface area is 190 Å². The van der Waals surface area contributed by atoms with Gasteiger partial charge in [-0.15, -0.1) is 0 Å². The van der Waals surface area contributed by atoms with Crippen LogP contribution in [0.1, 0.15) is 122 Å². The van der Waals surface area contributed by atoms with E-state index in [9.17, 15) is 9.59 Å². The molecule has 0 saturated carbocycles. The molecule has 1 aromatic rings. The molecule has 0 saturated heterocycles. The Morgan fingerprint density at radius 3 is 1.74 bits per heavy atom. The van der Waals surface area contributed by atoms with Crippen molar-refractivity contribution in [3.63, 3.8) is 0 Å². The number of rotatable bonds is 18. The number of nitrogens with one attached hydrogen (secondary N) is 1. The summed E-state index contributed by atoms with van der Waals surface area (Å²) >= 11 is 0. The third-order valence-electron chi connectivity index (χ3n) is 5.84. The Morgan fingerprint density at radius 1 is 0.774 bits per heavy atom. The number of hydrogen-bond acceptors (Lipinski definition) is 3. The lowest BCUT2D eigenvalue weighted by molar-refractivity contribution is -0.144. The molecule has 0 aromatic heterocycles. The van der Waals surface area contributed by atoms with Gasteiger partial charge >= 0.3 is 5.97 Å². The SMILES string of the molecule is CCCCCCCCCCCCCCCC(=O)Nc1ccc(C(C)C(=O)OCC)cc1. The van der Waals surface area contributed by atoms with E-state index in [2.05, 4.69) is 12.2 Å². The molecule has 31 heavy (non-hydrogen) atoms. The predicted octanol–water partition coefficient (Wildman–Crippen LogP) is 7.77. The minimum Gasteiger partial charge on any atom is -0.466 e. The summed E-state index contributed by atoms with van der Waals surface area (Å²) in [6.07, 6.45) is 17.6. The van der Waals surface area contributed by atoms with E-state index < -0.39 is 0 Å². The largest absolute Gasteiger partial charge is 0.466 e. The van der Waals surface area contributed by atoms with Gasteiger partial charge in [0, 0.05) is 12.1 Å². The first-order chi connectivity index (χ1) is 15.1. The second-order valence-corrected chi connectivity index (χ2v) is 8.64. The summed E-state index contributed by atoms with van der Waals surface area (Å²) in [7, 11) is 0. The second kappa shape index (κ2) is 17.8. The molecule has 1 unspecified atom stereocenters. The Hall–Kier alpha value is -1.84. The monoisotopic (exact) mass is 431 g/mol. The van der Waals surface area contributed by atoms with Crippen LogP contribution in [0.3, 0.4) is 0 Å². The normalized spacial score (nSPS) is 11.8. The molecular weight excluding hydrogens is 386 g/mol. The van der Waals surface area contributed by atoms with Gasteiger partial charge in [0.05, 0.1) is 12.5 Å². The fourth-order valence-electron chi connectivity index (χ4n) is 3.79. The highest BCUT2D eigenvalue weighted by Crippen LogP contribution is 2.20. The van der Waals surface area contributed by atoms with Crippen molar-refractivity contribution >= 4 is 17.6 Å². The molecule has 0 bridgehead atoms. The zero-order valence-corrected chi connectivity index (χ0v) is 20.2. The van der Waals surface area contributed by atoms with E-state index in [-0.39, 0.29) is 17.8 Å². The van der Waals surface area contributed by atoms with Crippen molar-refractivity contribution in [2.45, 2.75) is 117 Å². The first-order valence-electron chi connectivity index (χ1n) is 12.6. The number of amides is 1. The van der Waals surface area contributed by atoms with Crippen LogP contribution in [0.25, 0.3) is 0 Å². The molecule has 0 heterocycles. The van der Waals surface area contributed by atoms with Gasteiger partial charge in [0.1, 0.15) is 0 Å². The first kappa shape index (κ1) is 27.2. The van der Waals surface area contributed by atoms with Crippen molar-refractivity contribution in [3.05, 3.63) is 29.8 Å². The second-order valence-electron chi connectivity index (χ2n) is 8.64. The summed E-state index contributed by atoms with van der Waals surface area (Å²) in [4.78, 5) is 24.0. The standard InChI is InChI=1S/C27H45NO3/c1-4-6-7-8-9-10-11-12-13-14-15-16-17-18-26(29)28-25-21-19-24(20-22-25)23(3)27(30)31-5-2/h19-23H,4-18H2,1-3H3,(H,28,29). The number of carbonyl (C=O) groups is 2. The van der Waals surface area contributed by atoms with Crippen molar-refractivity contribution in [2.24, 2.45) is 0 Å². The van der Waals surface area contributed by atoms with Crippen molar-refractivity contribution in [1.82, 2.24) is 0 Å². The topological polar surface area (TPSA) is 55.4 Å². The van der Waals surface area contributed by atoms with Gasteiger partial charge in [-0.3, -0.25) is 9.59 Å². The summed E-state index contributed by atoms with van der Waals surface area (Å²) in [5, 5.41) is 2.95. The molecule has 0 aliphatic rings. The molecule has 0 radical (unpaired) electrons. The Balaban J connectivity index is 2.05. The van der Waals surface area contributed by atoms with Crippen LogP contribution in [0, 0.1) is 0 Å². The molecule has 176 valence electrons. The van der Waals surface area contributed by atoms with E-state index in [1.165, 1.54) is 70.6 Å². The summed E-state index contributed by atoms with van der Waals surface area (Å²) in [5.41, 5.74) is 1.67. The maximum absolute atomic E-state index is 12.1. The average Bonchev–Trinajstić information content (AvgIpc) is 2.77. The van der Waals surface area contributed by atoms with E-state index in [1.807, 2.05) is 31.2 Å². The molecule has 4 nitrogen and oxygen atoms in total. The van der Waals surface area contributed by atoms with Gasteiger partial charge in [-0.2, -0.15) is 0 Å². The number of anilines is 1. The van der Waals surface area contributed by atoms with Crippen LogP contribution in [0.15, 0.2) is 24.3 Å². The Morgan fingerprint density at radius 2 is 1.26 bits per heavy atom. The van der Waals surface area contributed by atoms with Gasteiger partial charge in [-0.25, -0.2) is 0 Å². The summed E-state index contributed by atoms with van der Waals surface area (Å²) in [6.45, 7) is 6.29. The molecule has 1 aromatic carbocycles. The number of hydrogen-bond donors (Lipinski definition) is 1. The summed E-state index contributed by atoms with van der Waals surface area (Å²) in [5.74, 6) is -0.452. The molecule has 0 fully saturated rings. The van der Waals surface area contributed by atoms with Gasteiger partial charge in [0.15, 0.2) is 0 Å². The van der Waals surface area contributed by atoms with E-state index >= 15 is 0 Å².